The van der Waals surface area contributed by atoms with Crippen molar-refractivity contribution in [3.8, 4) is 17.2 Å². The van der Waals surface area contributed by atoms with Crippen molar-refractivity contribution in [1.82, 2.24) is 5.43 Å². The van der Waals surface area contributed by atoms with Crippen molar-refractivity contribution < 1.29 is 32.2 Å². The minimum atomic E-state index is -3.72. The first-order chi connectivity index (χ1) is 18.7. The molecule has 2 N–H and O–H groups in total. The van der Waals surface area contributed by atoms with Gasteiger partial charge in [0.1, 0.15) is 23.8 Å². The summed E-state index contributed by atoms with van der Waals surface area (Å²) in [6.45, 7) is 1.67. The van der Waals surface area contributed by atoms with Gasteiger partial charge in [-0.3, -0.25) is 13.9 Å². The summed E-state index contributed by atoms with van der Waals surface area (Å²) in [5.41, 5.74) is 3.84. The first-order valence-corrected chi connectivity index (χ1v) is 13.7. The fraction of sp³-hybridized carbons (Fsp3) is 0.222. The number of benzene rings is 3. The van der Waals surface area contributed by atoms with E-state index in [2.05, 4.69) is 15.8 Å². The van der Waals surface area contributed by atoms with Gasteiger partial charge in [-0.1, -0.05) is 12.1 Å². The zero-order valence-corrected chi connectivity index (χ0v) is 22.6. The minimum Gasteiger partial charge on any atom is -0.495 e. The molecule has 12 heteroatoms. The van der Waals surface area contributed by atoms with E-state index in [1.54, 1.807) is 72.8 Å². The third-order valence-corrected chi connectivity index (χ3v) is 6.30. The molecule has 0 aliphatic rings. The molecule has 0 fully saturated rings. The Morgan fingerprint density at radius 3 is 2.21 bits per heavy atom. The summed E-state index contributed by atoms with van der Waals surface area (Å²) in [5.74, 6) is 0.636. The van der Waals surface area contributed by atoms with Crippen LogP contribution in [0.2, 0.25) is 0 Å². The number of nitrogens with one attached hydrogen (secondary N) is 2. The van der Waals surface area contributed by atoms with Gasteiger partial charge in [0.2, 0.25) is 10.0 Å². The molecule has 0 atom stereocenters. The van der Waals surface area contributed by atoms with Crippen LogP contribution in [-0.2, 0) is 19.6 Å². The highest BCUT2D eigenvalue weighted by Gasteiger charge is 2.20. The molecule has 0 heterocycles. The van der Waals surface area contributed by atoms with E-state index in [1.807, 2.05) is 6.92 Å². The van der Waals surface area contributed by atoms with Crippen molar-refractivity contribution in [2.75, 3.05) is 42.7 Å². The first-order valence-electron chi connectivity index (χ1n) is 11.9. The molecule has 0 bridgehead atoms. The van der Waals surface area contributed by atoms with Crippen LogP contribution in [0.15, 0.2) is 77.9 Å². The van der Waals surface area contributed by atoms with Crippen molar-refractivity contribution in [2.24, 2.45) is 5.10 Å². The Labute approximate surface area is 227 Å². The van der Waals surface area contributed by atoms with Crippen LogP contribution in [0.1, 0.15) is 12.5 Å². The van der Waals surface area contributed by atoms with Gasteiger partial charge in [-0.15, -0.1) is 0 Å². The molecule has 206 valence electrons. The number of nitrogens with zero attached hydrogens (tertiary/aromatic N) is 2. The second-order valence-corrected chi connectivity index (χ2v) is 10.0. The lowest BCUT2D eigenvalue weighted by Crippen LogP contribution is -2.39. The molecule has 0 spiro atoms. The molecule has 39 heavy (non-hydrogen) atoms. The summed E-state index contributed by atoms with van der Waals surface area (Å²) >= 11 is 0. The molecule has 3 aromatic carbocycles. The van der Waals surface area contributed by atoms with E-state index in [4.69, 9.17) is 14.2 Å². The summed E-state index contributed by atoms with van der Waals surface area (Å²) in [6.07, 6.45) is 2.42. The standard InChI is InChI=1S/C27H30N4O7S/c1-4-37-22-15-11-21(12-16-22)31(39(3,34)35)18-26(32)30-28-17-20-9-13-23(14-10-20)38-19-27(33)29-24-7-5-6-8-25(24)36-2/h5-17H,4,18-19H2,1-3H3,(H,29,33)(H,30,32)/b28-17-. The number of methoxy groups -OCH3 is 1. The van der Waals surface area contributed by atoms with E-state index in [-0.39, 0.29) is 12.5 Å². The Morgan fingerprint density at radius 2 is 1.56 bits per heavy atom. The van der Waals surface area contributed by atoms with Crippen LogP contribution in [0, 0.1) is 0 Å². The van der Waals surface area contributed by atoms with Crippen molar-refractivity contribution >= 4 is 39.4 Å². The fourth-order valence-electron chi connectivity index (χ4n) is 3.35. The van der Waals surface area contributed by atoms with Crippen LogP contribution < -0.4 is 29.3 Å². The average molecular weight is 555 g/mol. The predicted molar refractivity (Wildman–Crippen MR) is 149 cm³/mol. The third kappa shape index (κ3) is 9.04. The zero-order chi connectivity index (χ0) is 28.3. The SMILES string of the molecule is CCOc1ccc(N(CC(=O)N/N=C\c2ccc(OCC(=O)Nc3ccccc3OC)cc2)S(C)(=O)=O)cc1. The number of amides is 2. The number of ether oxygens (including phenoxy) is 3. The monoisotopic (exact) mass is 554 g/mol. The van der Waals surface area contributed by atoms with Crippen molar-refractivity contribution in [1.29, 1.82) is 0 Å². The van der Waals surface area contributed by atoms with Crippen molar-refractivity contribution in [3.63, 3.8) is 0 Å². The molecule has 2 amide bonds. The molecular formula is C27H30N4O7S. The lowest BCUT2D eigenvalue weighted by Gasteiger charge is -2.21. The summed E-state index contributed by atoms with van der Waals surface area (Å²) in [5, 5.41) is 6.62. The number of para-hydroxylation sites is 2. The maximum absolute atomic E-state index is 12.4. The van der Waals surface area contributed by atoms with Crippen LogP contribution in [0.25, 0.3) is 0 Å². The number of hydrogen-bond donors (Lipinski definition) is 2. The Kier molecular flexibility index (Phi) is 10.3. The topological polar surface area (TPSA) is 136 Å². The van der Waals surface area contributed by atoms with Gasteiger partial charge >= 0.3 is 0 Å². The zero-order valence-electron chi connectivity index (χ0n) is 21.8. The molecule has 0 aliphatic carbocycles. The number of hydrazone groups is 1. The average Bonchev–Trinajstić information content (AvgIpc) is 2.92. The smallest absolute Gasteiger partial charge is 0.262 e. The number of rotatable bonds is 13. The third-order valence-electron chi connectivity index (χ3n) is 5.16. The van der Waals surface area contributed by atoms with Gasteiger partial charge in [0.25, 0.3) is 11.8 Å². The molecule has 0 unspecified atom stereocenters. The van der Waals surface area contributed by atoms with Gasteiger partial charge in [0.05, 0.1) is 37.6 Å². The second-order valence-electron chi connectivity index (χ2n) is 8.10. The number of hydrogen-bond acceptors (Lipinski definition) is 8. The van der Waals surface area contributed by atoms with Gasteiger partial charge in [0.15, 0.2) is 6.61 Å². The van der Waals surface area contributed by atoms with Crippen LogP contribution in [-0.4, -0.2) is 59.6 Å². The highest BCUT2D eigenvalue weighted by molar-refractivity contribution is 7.92. The van der Waals surface area contributed by atoms with Crippen LogP contribution in [0.3, 0.4) is 0 Å². The van der Waals surface area contributed by atoms with E-state index >= 15 is 0 Å². The summed E-state index contributed by atoms with van der Waals surface area (Å²) < 4.78 is 41.6. The molecule has 0 saturated heterocycles. The normalized spacial score (nSPS) is 11.1. The second kappa shape index (κ2) is 13.8. The molecule has 3 rings (SSSR count). The van der Waals surface area contributed by atoms with Gasteiger partial charge in [-0.25, -0.2) is 13.8 Å². The maximum Gasteiger partial charge on any atom is 0.262 e. The van der Waals surface area contributed by atoms with Crippen LogP contribution >= 0.6 is 0 Å². The highest BCUT2D eigenvalue weighted by Crippen LogP contribution is 2.23. The highest BCUT2D eigenvalue weighted by atomic mass is 32.2. The Bertz CT molecular complexity index is 1390. The number of sulfonamides is 1. The molecule has 0 aromatic heterocycles. The quantitative estimate of drug-likeness (QED) is 0.245. The Morgan fingerprint density at radius 1 is 0.923 bits per heavy atom. The van der Waals surface area contributed by atoms with E-state index in [1.165, 1.54) is 13.3 Å². The molecular weight excluding hydrogens is 524 g/mol. The van der Waals surface area contributed by atoms with Gasteiger partial charge in [-0.2, -0.15) is 5.10 Å². The van der Waals surface area contributed by atoms with Crippen molar-refractivity contribution in [3.05, 3.63) is 78.4 Å². The molecule has 11 nitrogen and oxygen atoms in total. The molecule has 0 saturated carbocycles. The summed E-state index contributed by atoms with van der Waals surface area (Å²) in [4.78, 5) is 24.6. The van der Waals surface area contributed by atoms with E-state index < -0.39 is 22.5 Å². The number of carbonyl (C=O) groups is 2. The molecule has 0 radical (unpaired) electrons. The predicted octanol–water partition coefficient (Wildman–Crippen LogP) is 3.03. The van der Waals surface area contributed by atoms with Crippen LogP contribution in [0.5, 0.6) is 17.2 Å². The number of carbonyl (C=O) groups excluding carboxylic acids is 2. The molecule has 0 aliphatic heterocycles. The lowest BCUT2D eigenvalue weighted by atomic mass is 10.2. The lowest BCUT2D eigenvalue weighted by molar-refractivity contribution is -0.119. The maximum atomic E-state index is 12.4. The van der Waals surface area contributed by atoms with Gasteiger partial charge in [0, 0.05) is 0 Å². The number of anilines is 2. The largest absolute Gasteiger partial charge is 0.495 e. The Hall–Kier alpha value is -4.58. The minimum absolute atomic E-state index is 0.202. The van der Waals surface area contributed by atoms with Gasteiger partial charge in [-0.05, 0) is 73.2 Å². The van der Waals surface area contributed by atoms with Gasteiger partial charge < -0.3 is 19.5 Å². The Balaban J connectivity index is 1.50. The van der Waals surface area contributed by atoms with E-state index in [0.717, 1.165) is 10.6 Å². The molecule has 3 aromatic rings. The summed E-state index contributed by atoms with van der Waals surface area (Å²) in [6, 6.07) is 20.1. The summed E-state index contributed by atoms with van der Waals surface area (Å²) in [7, 11) is -2.20. The van der Waals surface area contributed by atoms with Crippen molar-refractivity contribution in [2.45, 2.75) is 6.92 Å². The first kappa shape index (κ1) is 29.0. The van der Waals surface area contributed by atoms with E-state index in [9.17, 15) is 18.0 Å². The van der Waals surface area contributed by atoms with Crippen LogP contribution in [0.4, 0.5) is 11.4 Å². The fourth-order valence-corrected chi connectivity index (χ4v) is 4.21. The van der Waals surface area contributed by atoms with E-state index in [0.29, 0.717) is 40.8 Å².